The van der Waals surface area contributed by atoms with Crippen LogP contribution in [0.1, 0.15) is 38.8 Å². The Morgan fingerprint density at radius 2 is 1.88 bits per heavy atom. The van der Waals surface area contributed by atoms with Crippen LogP contribution in [-0.2, 0) is 6.42 Å². The summed E-state index contributed by atoms with van der Waals surface area (Å²) < 4.78 is 0. The topological polar surface area (TPSA) is 45.2 Å². The van der Waals surface area contributed by atoms with Crippen molar-refractivity contribution in [2.24, 2.45) is 11.8 Å². The standard InChI is InChI=1S/C20H25N3OS/c1-14-19(25-18(22-14)11-15-5-3-2-4-6-15)20(24)23-9-7-16-12-21-13-17(16)8-10-23/h2-6,16-17,21H,7-13H2,1H3/t16-,17+. The summed E-state index contributed by atoms with van der Waals surface area (Å²) in [5.41, 5.74) is 2.12. The molecule has 1 N–H and O–H groups in total. The molecule has 0 unspecified atom stereocenters. The molecule has 1 aromatic heterocycles. The van der Waals surface area contributed by atoms with Crippen molar-refractivity contribution >= 4 is 17.2 Å². The van der Waals surface area contributed by atoms with Crippen LogP contribution in [-0.4, -0.2) is 42.0 Å². The van der Waals surface area contributed by atoms with E-state index in [1.165, 1.54) is 5.56 Å². The normalized spacial score (nSPS) is 23.3. The van der Waals surface area contributed by atoms with Crippen molar-refractivity contribution in [2.45, 2.75) is 26.2 Å². The Labute approximate surface area is 153 Å². The second-order valence-electron chi connectivity index (χ2n) is 7.23. The van der Waals surface area contributed by atoms with Crippen LogP contribution < -0.4 is 5.32 Å². The summed E-state index contributed by atoms with van der Waals surface area (Å²) in [7, 11) is 0. The van der Waals surface area contributed by atoms with Gasteiger partial charge in [0.2, 0.25) is 0 Å². The molecule has 1 aromatic carbocycles. The van der Waals surface area contributed by atoms with Crippen molar-refractivity contribution in [3.05, 3.63) is 51.5 Å². The SMILES string of the molecule is Cc1nc(Cc2ccccc2)sc1C(=O)N1CC[C@@H]2CNC[C@@H]2CC1. The number of nitrogens with one attached hydrogen (secondary N) is 1. The van der Waals surface area contributed by atoms with Gasteiger partial charge in [0.1, 0.15) is 4.88 Å². The van der Waals surface area contributed by atoms with Crippen molar-refractivity contribution in [3.63, 3.8) is 0 Å². The highest BCUT2D eigenvalue weighted by Crippen LogP contribution is 2.29. The molecule has 3 heterocycles. The van der Waals surface area contributed by atoms with E-state index in [2.05, 4.69) is 27.3 Å². The van der Waals surface area contributed by atoms with Crippen LogP contribution in [0.4, 0.5) is 0 Å². The fourth-order valence-corrected chi connectivity index (χ4v) is 5.13. The number of aromatic nitrogens is 1. The number of benzene rings is 1. The summed E-state index contributed by atoms with van der Waals surface area (Å²) in [5, 5.41) is 4.52. The van der Waals surface area contributed by atoms with E-state index in [1.54, 1.807) is 11.3 Å². The third-order valence-corrected chi connectivity index (χ3v) is 6.69. The summed E-state index contributed by atoms with van der Waals surface area (Å²) >= 11 is 1.57. The van der Waals surface area contributed by atoms with Gasteiger partial charge in [-0.2, -0.15) is 0 Å². The number of carbonyl (C=O) groups is 1. The minimum absolute atomic E-state index is 0.183. The molecule has 2 aliphatic heterocycles. The van der Waals surface area contributed by atoms with Gasteiger partial charge in [0.25, 0.3) is 5.91 Å². The van der Waals surface area contributed by atoms with E-state index in [9.17, 15) is 4.79 Å². The summed E-state index contributed by atoms with van der Waals surface area (Å²) in [6, 6.07) is 10.3. The molecule has 0 saturated carbocycles. The van der Waals surface area contributed by atoms with E-state index in [0.29, 0.717) is 0 Å². The average molecular weight is 356 g/mol. The van der Waals surface area contributed by atoms with Gasteiger partial charge in [-0.25, -0.2) is 4.98 Å². The van der Waals surface area contributed by atoms with E-state index in [-0.39, 0.29) is 5.91 Å². The Morgan fingerprint density at radius 3 is 2.56 bits per heavy atom. The zero-order valence-electron chi connectivity index (χ0n) is 14.7. The van der Waals surface area contributed by atoms with E-state index in [4.69, 9.17) is 0 Å². The number of hydrogen-bond donors (Lipinski definition) is 1. The largest absolute Gasteiger partial charge is 0.338 e. The molecule has 132 valence electrons. The molecule has 5 heteroatoms. The molecular weight excluding hydrogens is 330 g/mol. The van der Waals surface area contributed by atoms with Crippen LogP contribution in [0, 0.1) is 18.8 Å². The lowest BCUT2D eigenvalue weighted by Crippen LogP contribution is -2.32. The third kappa shape index (κ3) is 3.62. The molecular formula is C20H25N3OS. The fraction of sp³-hybridized carbons (Fsp3) is 0.500. The molecule has 4 nitrogen and oxygen atoms in total. The Hall–Kier alpha value is -1.72. The fourth-order valence-electron chi connectivity index (χ4n) is 4.06. The monoisotopic (exact) mass is 355 g/mol. The number of thiazole rings is 1. The van der Waals surface area contributed by atoms with Crippen LogP contribution in [0.3, 0.4) is 0 Å². The average Bonchev–Trinajstić information content (AvgIpc) is 3.16. The highest BCUT2D eigenvalue weighted by molar-refractivity contribution is 7.13. The van der Waals surface area contributed by atoms with Crippen molar-refractivity contribution in [1.82, 2.24) is 15.2 Å². The number of likely N-dealkylation sites (tertiary alicyclic amines) is 1. The second kappa shape index (κ2) is 7.26. The lowest BCUT2D eigenvalue weighted by molar-refractivity contribution is 0.0762. The zero-order valence-corrected chi connectivity index (χ0v) is 15.5. The van der Waals surface area contributed by atoms with Gasteiger partial charge in [-0.15, -0.1) is 11.3 Å². The summed E-state index contributed by atoms with van der Waals surface area (Å²) in [6.45, 7) is 5.97. The summed E-state index contributed by atoms with van der Waals surface area (Å²) in [6.07, 6.45) is 3.05. The predicted octanol–water partition coefficient (Wildman–Crippen LogP) is 3.11. The molecule has 25 heavy (non-hydrogen) atoms. The van der Waals surface area contributed by atoms with Crippen molar-refractivity contribution in [3.8, 4) is 0 Å². The Bertz CT molecular complexity index is 729. The summed E-state index contributed by atoms with van der Waals surface area (Å²) in [4.78, 5) is 20.6. The smallest absolute Gasteiger partial charge is 0.265 e. The van der Waals surface area contributed by atoms with Gasteiger partial charge < -0.3 is 10.2 Å². The van der Waals surface area contributed by atoms with Crippen molar-refractivity contribution in [2.75, 3.05) is 26.2 Å². The van der Waals surface area contributed by atoms with Crippen LogP contribution in [0.5, 0.6) is 0 Å². The molecule has 2 aromatic rings. The van der Waals surface area contributed by atoms with Crippen LogP contribution in [0.2, 0.25) is 0 Å². The highest BCUT2D eigenvalue weighted by Gasteiger charge is 2.32. The minimum Gasteiger partial charge on any atom is -0.338 e. The Morgan fingerprint density at radius 1 is 1.20 bits per heavy atom. The highest BCUT2D eigenvalue weighted by atomic mass is 32.1. The number of aryl methyl sites for hydroxylation is 1. The van der Waals surface area contributed by atoms with E-state index >= 15 is 0 Å². The molecule has 0 spiro atoms. The Kier molecular flexibility index (Phi) is 4.86. The van der Waals surface area contributed by atoms with Gasteiger partial charge >= 0.3 is 0 Å². The Balaban J connectivity index is 1.46. The molecule has 2 fully saturated rings. The van der Waals surface area contributed by atoms with Gasteiger partial charge in [-0.1, -0.05) is 30.3 Å². The number of nitrogens with zero attached hydrogens (tertiary/aromatic N) is 2. The first-order valence-electron chi connectivity index (χ1n) is 9.21. The summed E-state index contributed by atoms with van der Waals surface area (Å²) in [5.74, 6) is 1.67. The maximum absolute atomic E-state index is 13.0. The molecule has 0 bridgehead atoms. The first-order valence-corrected chi connectivity index (χ1v) is 10.0. The number of fused-ring (bicyclic) bond motifs is 1. The van der Waals surface area contributed by atoms with Crippen LogP contribution >= 0.6 is 11.3 Å². The minimum atomic E-state index is 0.183. The first kappa shape index (κ1) is 16.7. The molecule has 4 rings (SSSR count). The second-order valence-corrected chi connectivity index (χ2v) is 8.32. The first-order chi connectivity index (χ1) is 12.2. The number of hydrogen-bond acceptors (Lipinski definition) is 4. The molecule has 2 saturated heterocycles. The van der Waals surface area contributed by atoms with Gasteiger partial charge in [-0.05, 0) is 50.3 Å². The maximum Gasteiger partial charge on any atom is 0.265 e. The van der Waals surface area contributed by atoms with Gasteiger partial charge in [0.15, 0.2) is 0 Å². The van der Waals surface area contributed by atoms with Crippen molar-refractivity contribution < 1.29 is 4.79 Å². The molecule has 2 atom stereocenters. The maximum atomic E-state index is 13.0. The molecule has 1 amide bonds. The lowest BCUT2D eigenvalue weighted by Gasteiger charge is -2.20. The predicted molar refractivity (Wildman–Crippen MR) is 101 cm³/mol. The zero-order chi connectivity index (χ0) is 17.2. The lowest BCUT2D eigenvalue weighted by atomic mass is 9.92. The number of amides is 1. The van der Waals surface area contributed by atoms with Crippen molar-refractivity contribution in [1.29, 1.82) is 0 Å². The quantitative estimate of drug-likeness (QED) is 0.920. The molecule has 2 aliphatic rings. The van der Waals surface area contributed by atoms with Gasteiger partial charge in [0, 0.05) is 19.5 Å². The molecule has 0 aliphatic carbocycles. The van der Waals surface area contributed by atoms with Crippen LogP contribution in [0.15, 0.2) is 30.3 Å². The van der Waals surface area contributed by atoms with E-state index in [0.717, 1.165) is 72.9 Å². The van der Waals surface area contributed by atoms with Gasteiger partial charge in [-0.3, -0.25) is 4.79 Å². The van der Waals surface area contributed by atoms with E-state index < -0.39 is 0 Å². The molecule has 0 radical (unpaired) electrons. The number of carbonyl (C=O) groups excluding carboxylic acids is 1. The third-order valence-electron chi connectivity index (χ3n) is 5.54. The van der Waals surface area contributed by atoms with Gasteiger partial charge in [0.05, 0.1) is 10.7 Å². The van der Waals surface area contributed by atoms with Crippen LogP contribution in [0.25, 0.3) is 0 Å². The number of rotatable bonds is 3. The van der Waals surface area contributed by atoms with E-state index in [1.807, 2.05) is 25.1 Å².